The van der Waals surface area contributed by atoms with Crippen molar-refractivity contribution in [3.8, 4) is 17.2 Å². The average Bonchev–Trinajstić information content (AvgIpc) is 3.35. The van der Waals surface area contributed by atoms with Crippen LogP contribution in [0.4, 0.5) is 4.79 Å². The van der Waals surface area contributed by atoms with E-state index in [4.69, 9.17) is 4.74 Å². The van der Waals surface area contributed by atoms with Crippen LogP contribution in [0.2, 0.25) is 0 Å². The lowest BCUT2D eigenvalue weighted by atomic mass is 9.98. The SMILES string of the molecule is CSCC[C@H](NC(=O)OCC1c2ccccc2-c2ccccc21)C(=O)C(C#N)=[P+](c1ccccc1)c1ccccc1. The molecule has 0 heterocycles. The van der Waals surface area contributed by atoms with Gasteiger partial charge in [0.1, 0.15) is 12.6 Å². The molecular formula is C34H30N2O3PS+. The summed E-state index contributed by atoms with van der Waals surface area (Å²) in [5.41, 5.74) is 4.53. The van der Waals surface area contributed by atoms with Gasteiger partial charge >= 0.3 is 6.09 Å². The third kappa shape index (κ3) is 6.28. The van der Waals surface area contributed by atoms with Crippen molar-refractivity contribution in [1.82, 2.24) is 5.32 Å². The summed E-state index contributed by atoms with van der Waals surface area (Å²) >= 11 is 1.58. The predicted molar refractivity (Wildman–Crippen MR) is 170 cm³/mol. The Hall–Kier alpha value is -4.17. The van der Waals surface area contributed by atoms with E-state index >= 15 is 0 Å². The van der Waals surface area contributed by atoms with Crippen LogP contribution < -0.4 is 15.9 Å². The molecule has 1 N–H and O–H groups in total. The molecule has 0 unspecified atom stereocenters. The molecule has 41 heavy (non-hydrogen) atoms. The fourth-order valence-corrected chi connectivity index (χ4v) is 7.93. The number of alkyl carbamates (subject to hydrolysis) is 1. The highest BCUT2D eigenvalue weighted by molar-refractivity contribution is 7.98. The van der Waals surface area contributed by atoms with E-state index in [9.17, 15) is 14.9 Å². The maximum absolute atomic E-state index is 14.0. The number of nitriles is 1. The van der Waals surface area contributed by atoms with Gasteiger partial charge in [0.05, 0.1) is 0 Å². The zero-order chi connectivity index (χ0) is 28.6. The van der Waals surface area contributed by atoms with Gasteiger partial charge in [0, 0.05) is 5.92 Å². The van der Waals surface area contributed by atoms with E-state index < -0.39 is 19.7 Å². The lowest BCUT2D eigenvalue weighted by Crippen LogP contribution is -2.45. The third-order valence-electron chi connectivity index (χ3n) is 7.15. The molecule has 5 rings (SSSR count). The van der Waals surface area contributed by atoms with Gasteiger partial charge in [-0.05, 0) is 64.9 Å². The van der Waals surface area contributed by atoms with Gasteiger partial charge in [0.25, 0.3) is 5.29 Å². The minimum atomic E-state index is -1.39. The van der Waals surface area contributed by atoms with E-state index in [-0.39, 0.29) is 23.6 Å². The largest absolute Gasteiger partial charge is 0.449 e. The molecule has 4 aromatic rings. The zero-order valence-corrected chi connectivity index (χ0v) is 24.4. The number of nitrogens with one attached hydrogen (secondary N) is 1. The molecule has 0 saturated carbocycles. The summed E-state index contributed by atoms with van der Waals surface area (Å²) in [5, 5.41) is 15.1. The summed E-state index contributed by atoms with van der Waals surface area (Å²) < 4.78 is 5.75. The fraction of sp³-hybridized carbons (Fsp3) is 0.176. The summed E-state index contributed by atoms with van der Waals surface area (Å²) in [6, 6.07) is 36.9. The van der Waals surface area contributed by atoms with Crippen LogP contribution >= 0.6 is 19.3 Å². The molecule has 1 aliphatic rings. The summed E-state index contributed by atoms with van der Waals surface area (Å²) in [4.78, 5) is 27.1. The average molecular weight is 578 g/mol. The van der Waals surface area contributed by atoms with Gasteiger partial charge < -0.3 is 10.1 Å². The molecule has 0 spiro atoms. The Kier molecular flexibility index (Phi) is 9.31. The lowest BCUT2D eigenvalue weighted by Gasteiger charge is -2.18. The number of hydrogen-bond donors (Lipinski definition) is 1. The quantitative estimate of drug-likeness (QED) is 0.232. The van der Waals surface area contributed by atoms with Gasteiger partial charge in [0.2, 0.25) is 5.78 Å². The van der Waals surface area contributed by atoms with Crippen LogP contribution in [-0.2, 0) is 9.53 Å². The van der Waals surface area contributed by atoms with E-state index in [1.165, 1.54) is 0 Å². The molecule has 0 saturated heterocycles. The van der Waals surface area contributed by atoms with E-state index in [0.717, 1.165) is 32.9 Å². The van der Waals surface area contributed by atoms with Gasteiger partial charge in [0.15, 0.2) is 24.2 Å². The molecule has 204 valence electrons. The number of rotatable bonds is 10. The second kappa shape index (κ2) is 13.5. The smallest absolute Gasteiger partial charge is 0.407 e. The van der Waals surface area contributed by atoms with Crippen molar-refractivity contribution in [2.45, 2.75) is 18.4 Å². The third-order valence-corrected chi connectivity index (χ3v) is 10.2. The monoisotopic (exact) mass is 577 g/mol. The number of benzene rings is 4. The van der Waals surface area contributed by atoms with Gasteiger partial charge in [-0.2, -0.15) is 17.0 Å². The Bertz CT molecular complexity index is 1530. The maximum Gasteiger partial charge on any atom is 0.407 e. The Labute approximate surface area is 246 Å². The Morgan fingerprint density at radius 2 is 1.37 bits per heavy atom. The van der Waals surface area contributed by atoms with Crippen LogP contribution in [0.3, 0.4) is 0 Å². The van der Waals surface area contributed by atoms with Crippen molar-refractivity contribution >= 4 is 47.1 Å². The molecule has 0 radical (unpaired) electrons. The zero-order valence-electron chi connectivity index (χ0n) is 22.7. The van der Waals surface area contributed by atoms with Crippen molar-refractivity contribution in [2.75, 3.05) is 18.6 Å². The minimum absolute atomic E-state index is 0.0845. The lowest BCUT2D eigenvalue weighted by molar-refractivity contribution is -0.114. The number of ketones is 1. The van der Waals surface area contributed by atoms with Gasteiger partial charge in [-0.25, -0.2) is 4.79 Å². The van der Waals surface area contributed by atoms with Crippen molar-refractivity contribution < 1.29 is 14.3 Å². The molecule has 5 nitrogen and oxygen atoms in total. The van der Waals surface area contributed by atoms with Crippen LogP contribution in [0, 0.1) is 11.3 Å². The van der Waals surface area contributed by atoms with Crippen molar-refractivity contribution in [3.63, 3.8) is 0 Å². The predicted octanol–water partition coefficient (Wildman–Crippen LogP) is 6.04. The number of fused-ring (bicyclic) bond motifs is 3. The molecule has 0 bridgehead atoms. The molecule has 4 aromatic carbocycles. The molecule has 7 heteroatoms. The van der Waals surface area contributed by atoms with E-state index in [1.54, 1.807) is 11.8 Å². The highest BCUT2D eigenvalue weighted by atomic mass is 32.2. The first-order valence-corrected chi connectivity index (χ1v) is 16.2. The normalized spacial score (nSPS) is 12.4. The molecule has 0 fully saturated rings. The van der Waals surface area contributed by atoms with E-state index in [1.807, 2.05) is 91.2 Å². The van der Waals surface area contributed by atoms with Crippen LogP contribution in [0.15, 0.2) is 109 Å². The Morgan fingerprint density at radius 3 is 1.88 bits per heavy atom. The second-order valence-electron chi connectivity index (χ2n) is 9.64. The highest BCUT2D eigenvalue weighted by Gasteiger charge is 2.36. The van der Waals surface area contributed by atoms with Gasteiger partial charge in [-0.1, -0.05) is 84.9 Å². The summed E-state index contributed by atoms with van der Waals surface area (Å²) in [5.74, 6) is 0.195. The number of thioether (sulfide) groups is 1. The number of hydrogen-bond acceptors (Lipinski definition) is 5. The molecule has 0 aliphatic heterocycles. The van der Waals surface area contributed by atoms with Crippen LogP contribution in [0.5, 0.6) is 0 Å². The summed E-state index contributed by atoms with van der Waals surface area (Å²) in [7, 11) is -1.39. The van der Waals surface area contributed by atoms with E-state index in [0.29, 0.717) is 12.2 Å². The number of Topliss-reactive ketones (excluding diaryl/α,β-unsaturated/α-hetero) is 1. The topological polar surface area (TPSA) is 79.2 Å². The van der Waals surface area contributed by atoms with Crippen LogP contribution in [0.25, 0.3) is 11.1 Å². The molecule has 1 amide bonds. The van der Waals surface area contributed by atoms with Crippen LogP contribution in [-0.4, -0.2) is 41.8 Å². The number of nitrogens with zero attached hydrogens (tertiary/aromatic N) is 1. The first-order chi connectivity index (χ1) is 20.1. The molecule has 1 aliphatic carbocycles. The number of ether oxygens (including phenoxy) is 1. The number of amides is 1. The second-order valence-corrected chi connectivity index (χ2v) is 12.8. The Balaban J connectivity index is 1.39. The minimum Gasteiger partial charge on any atom is -0.449 e. The van der Waals surface area contributed by atoms with Gasteiger partial charge in [-0.3, -0.25) is 4.79 Å². The first kappa shape index (κ1) is 28.4. The molecule has 0 aromatic heterocycles. The number of carbonyl (C=O) groups is 2. The van der Waals surface area contributed by atoms with Crippen molar-refractivity contribution in [2.24, 2.45) is 0 Å². The highest BCUT2D eigenvalue weighted by Crippen LogP contribution is 2.44. The summed E-state index contributed by atoms with van der Waals surface area (Å²) in [6.45, 7) is 0.152. The maximum atomic E-state index is 14.0. The van der Waals surface area contributed by atoms with E-state index in [2.05, 4.69) is 35.7 Å². The fourth-order valence-electron chi connectivity index (χ4n) is 5.23. The van der Waals surface area contributed by atoms with Gasteiger partial charge in [-0.15, -0.1) is 0 Å². The van der Waals surface area contributed by atoms with Crippen molar-refractivity contribution in [3.05, 3.63) is 120 Å². The first-order valence-electron chi connectivity index (χ1n) is 13.4. The molecular weight excluding hydrogens is 547 g/mol. The molecule has 1 atom stereocenters. The summed E-state index contributed by atoms with van der Waals surface area (Å²) in [6.07, 6.45) is 1.68. The van der Waals surface area contributed by atoms with Crippen LogP contribution in [0.1, 0.15) is 23.5 Å². The number of carbonyl (C=O) groups excluding carboxylic acids is 2. The Morgan fingerprint density at radius 1 is 0.854 bits per heavy atom. The van der Waals surface area contributed by atoms with Crippen molar-refractivity contribution in [1.29, 1.82) is 5.26 Å². The standard InChI is InChI=1S/C34H29N2O3PS/c1-41-21-20-31(33(37)32(22-35)40(24-12-4-2-5-13-24)25-14-6-3-7-15-25)36-34(38)39-23-30-28-18-10-8-16-26(28)27-17-9-11-19-29(27)30/h2-19,30-31H,20-21,23H2,1H3/p+1/t31-/m0/s1.